The average molecular weight is 336 g/mol. The number of nitrogens with one attached hydrogen (secondary N) is 1. The number of aromatic nitrogens is 1. The third-order valence-corrected chi connectivity index (χ3v) is 3.48. The Balaban J connectivity index is 1.68. The van der Waals surface area contributed by atoms with Gasteiger partial charge in [-0.3, -0.25) is 4.79 Å². The van der Waals surface area contributed by atoms with Crippen LogP contribution in [0.15, 0.2) is 65.5 Å². The first-order valence-corrected chi connectivity index (χ1v) is 7.51. The van der Waals surface area contributed by atoms with Crippen molar-refractivity contribution < 1.29 is 19.1 Å². The van der Waals surface area contributed by atoms with Crippen molar-refractivity contribution in [2.45, 2.75) is 0 Å². The number of benzene rings is 2. The van der Waals surface area contributed by atoms with Gasteiger partial charge in [0.1, 0.15) is 0 Å². The van der Waals surface area contributed by atoms with Crippen LogP contribution in [0.1, 0.15) is 5.56 Å². The number of phenolic OH excluding ortho intramolecular Hbond substituents is 1. The van der Waals surface area contributed by atoms with Crippen LogP contribution in [0.4, 0.5) is 5.69 Å². The lowest BCUT2D eigenvalue weighted by atomic mass is 10.1. The summed E-state index contributed by atoms with van der Waals surface area (Å²) in [6, 6.07) is 12.2. The number of carbonyl (C=O) groups excluding carboxylic acids is 1. The monoisotopic (exact) mass is 336 g/mol. The molecule has 3 rings (SSSR count). The third-order valence-electron chi connectivity index (χ3n) is 3.48. The van der Waals surface area contributed by atoms with Crippen LogP contribution in [0.25, 0.3) is 17.4 Å². The maximum atomic E-state index is 12.1. The maximum Gasteiger partial charge on any atom is 0.248 e. The minimum absolute atomic E-state index is 0.0183. The summed E-state index contributed by atoms with van der Waals surface area (Å²) in [5, 5.41) is 12.5. The molecule has 6 nitrogen and oxygen atoms in total. The minimum Gasteiger partial charge on any atom is -0.504 e. The molecule has 0 aliphatic heterocycles. The highest BCUT2D eigenvalue weighted by Crippen LogP contribution is 2.26. The summed E-state index contributed by atoms with van der Waals surface area (Å²) in [5.74, 6) is 0.737. The molecule has 0 spiro atoms. The van der Waals surface area contributed by atoms with E-state index in [2.05, 4.69) is 10.3 Å². The second-order valence-corrected chi connectivity index (χ2v) is 5.20. The van der Waals surface area contributed by atoms with E-state index < -0.39 is 0 Å². The van der Waals surface area contributed by atoms with E-state index in [9.17, 15) is 9.90 Å². The average Bonchev–Trinajstić information content (AvgIpc) is 3.15. The summed E-state index contributed by atoms with van der Waals surface area (Å²) in [7, 11) is 1.48. The summed E-state index contributed by atoms with van der Waals surface area (Å²) in [5.41, 5.74) is 2.14. The van der Waals surface area contributed by atoms with Crippen molar-refractivity contribution in [3.63, 3.8) is 0 Å². The predicted octanol–water partition coefficient (Wildman–Crippen LogP) is 3.71. The summed E-state index contributed by atoms with van der Waals surface area (Å²) >= 11 is 0. The van der Waals surface area contributed by atoms with Crippen LogP contribution in [0.3, 0.4) is 0 Å². The second kappa shape index (κ2) is 7.35. The molecule has 6 heteroatoms. The number of oxazole rings is 1. The fraction of sp³-hybridized carbons (Fsp3) is 0.0526. The highest BCUT2D eigenvalue weighted by atomic mass is 16.5. The number of rotatable bonds is 5. The van der Waals surface area contributed by atoms with Crippen LogP contribution in [0, 0.1) is 0 Å². The molecule has 0 aliphatic rings. The van der Waals surface area contributed by atoms with E-state index in [0.29, 0.717) is 22.8 Å². The Morgan fingerprint density at radius 3 is 2.88 bits per heavy atom. The lowest BCUT2D eigenvalue weighted by Crippen LogP contribution is -2.07. The number of hydrogen-bond donors (Lipinski definition) is 2. The molecule has 25 heavy (non-hydrogen) atoms. The number of aromatic hydroxyl groups is 1. The molecule has 0 saturated carbocycles. The molecule has 2 aromatic carbocycles. The first kappa shape index (κ1) is 16.3. The van der Waals surface area contributed by atoms with Gasteiger partial charge < -0.3 is 19.6 Å². The maximum absolute atomic E-state index is 12.1. The van der Waals surface area contributed by atoms with Crippen molar-refractivity contribution in [3.8, 4) is 22.8 Å². The molecular formula is C19H16N2O4. The number of methoxy groups -OCH3 is 1. The Morgan fingerprint density at radius 1 is 1.28 bits per heavy atom. The molecule has 0 bridgehead atoms. The van der Waals surface area contributed by atoms with Crippen LogP contribution < -0.4 is 10.1 Å². The van der Waals surface area contributed by atoms with Crippen molar-refractivity contribution in [2.24, 2.45) is 0 Å². The number of amides is 1. The summed E-state index contributed by atoms with van der Waals surface area (Å²) in [6.07, 6.45) is 5.96. The van der Waals surface area contributed by atoms with E-state index in [4.69, 9.17) is 9.15 Å². The molecule has 0 saturated heterocycles. The molecule has 0 aliphatic carbocycles. The van der Waals surface area contributed by atoms with E-state index in [-0.39, 0.29) is 11.7 Å². The van der Waals surface area contributed by atoms with Crippen molar-refractivity contribution in [3.05, 3.63) is 66.7 Å². The number of nitrogens with zero attached hydrogens (tertiary/aromatic N) is 1. The zero-order valence-corrected chi connectivity index (χ0v) is 13.5. The number of ether oxygens (including phenoxy) is 1. The standard InChI is InChI=1S/C19H16N2O4/c1-24-17-7-5-13(9-16(17)22)6-8-19(23)21-15-4-2-3-14(10-15)18-11-20-12-25-18/h2-12,22H,1H3,(H,21,23)/b8-6+. The zero-order chi connectivity index (χ0) is 17.6. The number of phenols is 1. The van der Waals surface area contributed by atoms with Gasteiger partial charge in [-0.05, 0) is 35.9 Å². The minimum atomic E-state index is -0.287. The smallest absolute Gasteiger partial charge is 0.248 e. The molecule has 0 unspecified atom stereocenters. The summed E-state index contributed by atoms with van der Waals surface area (Å²) < 4.78 is 10.2. The van der Waals surface area contributed by atoms with Gasteiger partial charge in [0.2, 0.25) is 5.91 Å². The molecule has 1 aromatic heterocycles. The molecule has 0 fully saturated rings. The quantitative estimate of drug-likeness (QED) is 0.694. The number of carbonyl (C=O) groups is 1. The zero-order valence-electron chi connectivity index (χ0n) is 13.5. The topological polar surface area (TPSA) is 84.6 Å². The van der Waals surface area contributed by atoms with Crippen LogP contribution in [-0.4, -0.2) is 23.1 Å². The molecule has 0 atom stereocenters. The Labute approximate surface area is 144 Å². The van der Waals surface area contributed by atoms with E-state index in [0.717, 1.165) is 5.56 Å². The van der Waals surface area contributed by atoms with Gasteiger partial charge in [0.25, 0.3) is 0 Å². The lowest BCUT2D eigenvalue weighted by Gasteiger charge is -2.05. The lowest BCUT2D eigenvalue weighted by molar-refractivity contribution is -0.111. The van der Waals surface area contributed by atoms with Crippen molar-refractivity contribution in [1.82, 2.24) is 4.98 Å². The molecule has 3 aromatic rings. The van der Waals surface area contributed by atoms with Crippen molar-refractivity contribution >= 4 is 17.7 Å². The van der Waals surface area contributed by atoms with E-state index >= 15 is 0 Å². The van der Waals surface area contributed by atoms with Crippen LogP contribution in [-0.2, 0) is 4.79 Å². The first-order valence-electron chi connectivity index (χ1n) is 7.51. The second-order valence-electron chi connectivity index (χ2n) is 5.20. The first-order chi connectivity index (χ1) is 12.2. The van der Waals surface area contributed by atoms with Gasteiger partial charge in [-0.2, -0.15) is 0 Å². The molecular weight excluding hydrogens is 320 g/mol. The molecule has 0 radical (unpaired) electrons. The SMILES string of the molecule is COc1ccc(/C=C/C(=O)Nc2cccc(-c3cnco3)c2)cc1O. The van der Waals surface area contributed by atoms with Crippen LogP contribution >= 0.6 is 0 Å². The van der Waals surface area contributed by atoms with Gasteiger partial charge >= 0.3 is 0 Å². The molecule has 1 amide bonds. The van der Waals surface area contributed by atoms with Gasteiger partial charge in [0.15, 0.2) is 23.7 Å². The highest BCUT2D eigenvalue weighted by molar-refractivity contribution is 6.02. The number of anilines is 1. The highest BCUT2D eigenvalue weighted by Gasteiger charge is 2.04. The summed E-state index contributed by atoms with van der Waals surface area (Å²) in [4.78, 5) is 15.9. The van der Waals surface area contributed by atoms with E-state index in [1.165, 1.54) is 25.6 Å². The van der Waals surface area contributed by atoms with Gasteiger partial charge in [-0.25, -0.2) is 4.98 Å². The Hall–Kier alpha value is -3.54. The third kappa shape index (κ3) is 4.06. The van der Waals surface area contributed by atoms with Gasteiger partial charge in [-0.15, -0.1) is 0 Å². The molecule has 1 heterocycles. The van der Waals surface area contributed by atoms with E-state index in [1.54, 1.807) is 36.5 Å². The van der Waals surface area contributed by atoms with E-state index in [1.807, 2.05) is 12.1 Å². The Bertz CT molecular complexity index is 902. The fourth-order valence-corrected chi connectivity index (χ4v) is 2.28. The van der Waals surface area contributed by atoms with Gasteiger partial charge in [0, 0.05) is 17.3 Å². The Kier molecular flexibility index (Phi) is 4.80. The molecule has 126 valence electrons. The van der Waals surface area contributed by atoms with Crippen LogP contribution in [0.2, 0.25) is 0 Å². The Morgan fingerprint density at radius 2 is 2.16 bits per heavy atom. The van der Waals surface area contributed by atoms with Crippen molar-refractivity contribution in [2.75, 3.05) is 12.4 Å². The fourth-order valence-electron chi connectivity index (χ4n) is 2.28. The molecule has 2 N–H and O–H groups in total. The van der Waals surface area contributed by atoms with Gasteiger partial charge in [-0.1, -0.05) is 18.2 Å². The van der Waals surface area contributed by atoms with Crippen molar-refractivity contribution in [1.29, 1.82) is 0 Å². The van der Waals surface area contributed by atoms with Crippen LogP contribution in [0.5, 0.6) is 11.5 Å². The largest absolute Gasteiger partial charge is 0.504 e. The predicted molar refractivity (Wildman–Crippen MR) is 94.3 cm³/mol. The van der Waals surface area contributed by atoms with Gasteiger partial charge in [0.05, 0.1) is 13.3 Å². The number of hydrogen-bond acceptors (Lipinski definition) is 5. The summed E-state index contributed by atoms with van der Waals surface area (Å²) in [6.45, 7) is 0. The normalized spacial score (nSPS) is 10.8.